The number of rotatable bonds is 3. The van der Waals surface area contributed by atoms with Crippen molar-refractivity contribution < 1.29 is 22.7 Å². The number of alkyl halides is 3. The highest BCUT2D eigenvalue weighted by atomic mass is 19.4. The number of hydrogen-bond donors (Lipinski definition) is 0. The fourth-order valence-corrected chi connectivity index (χ4v) is 3.87. The predicted molar refractivity (Wildman–Crippen MR) is 75.4 cm³/mol. The van der Waals surface area contributed by atoms with E-state index >= 15 is 0 Å². The zero-order valence-corrected chi connectivity index (χ0v) is 12.2. The first-order valence-corrected chi connectivity index (χ1v) is 7.36. The Morgan fingerprint density at radius 2 is 2.18 bits per heavy atom. The molecular formula is C17H17F3O2. The third-order valence-corrected chi connectivity index (χ3v) is 4.82. The van der Waals surface area contributed by atoms with Gasteiger partial charge >= 0.3 is 6.18 Å². The van der Waals surface area contributed by atoms with Gasteiger partial charge in [-0.15, -0.1) is 6.58 Å². The van der Waals surface area contributed by atoms with Crippen LogP contribution in [0.4, 0.5) is 13.2 Å². The van der Waals surface area contributed by atoms with Crippen LogP contribution in [-0.2, 0) is 21.1 Å². The molecule has 1 aromatic rings. The van der Waals surface area contributed by atoms with Crippen molar-refractivity contribution >= 4 is 5.78 Å². The van der Waals surface area contributed by atoms with E-state index < -0.39 is 23.3 Å². The molecule has 3 atom stereocenters. The molecule has 1 saturated heterocycles. The molecule has 1 aromatic carbocycles. The third-order valence-electron chi connectivity index (χ3n) is 4.82. The third kappa shape index (κ3) is 1.88. The van der Waals surface area contributed by atoms with E-state index in [1.54, 1.807) is 6.08 Å². The number of benzene rings is 1. The average Bonchev–Trinajstić information content (AvgIpc) is 2.62. The summed E-state index contributed by atoms with van der Waals surface area (Å²) in [5.74, 6) is -0.325. The van der Waals surface area contributed by atoms with Crippen LogP contribution in [0.15, 0.2) is 30.9 Å². The quantitative estimate of drug-likeness (QED) is 0.782. The van der Waals surface area contributed by atoms with Crippen molar-refractivity contribution in [3.63, 3.8) is 0 Å². The summed E-state index contributed by atoms with van der Waals surface area (Å²) < 4.78 is 44.4. The second-order valence-electron chi connectivity index (χ2n) is 5.94. The molecule has 2 bridgehead atoms. The normalized spacial score (nSPS) is 30.3. The van der Waals surface area contributed by atoms with Gasteiger partial charge in [0.25, 0.3) is 0 Å². The molecule has 0 N–H and O–H groups in total. The molecule has 5 heteroatoms. The monoisotopic (exact) mass is 310 g/mol. The van der Waals surface area contributed by atoms with Crippen molar-refractivity contribution in [3.05, 3.63) is 47.5 Å². The smallest absolute Gasteiger partial charge is 0.365 e. The Balaban J connectivity index is 2.21. The number of ether oxygens (including phenoxy) is 1. The molecule has 0 saturated carbocycles. The maximum atomic E-state index is 12.9. The Labute approximate surface area is 127 Å². The minimum Gasteiger partial charge on any atom is -0.365 e. The first kappa shape index (κ1) is 15.3. The number of carbonyl (C=O) groups excluding carboxylic acids is 1. The van der Waals surface area contributed by atoms with Gasteiger partial charge in [-0.05, 0) is 29.7 Å². The highest BCUT2D eigenvalue weighted by molar-refractivity contribution is 6.00. The molecule has 0 amide bonds. The summed E-state index contributed by atoms with van der Waals surface area (Å²) in [4.78, 5) is 12.8. The molecule has 0 radical (unpaired) electrons. The molecule has 22 heavy (non-hydrogen) atoms. The van der Waals surface area contributed by atoms with Crippen molar-refractivity contribution in [1.82, 2.24) is 0 Å². The topological polar surface area (TPSA) is 26.3 Å². The van der Waals surface area contributed by atoms with Gasteiger partial charge in [0, 0.05) is 5.92 Å². The Hall–Kier alpha value is -1.62. The molecule has 1 aliphatic heterocycles. The second kappa shape index (κ2) is 4.95. The van der Waals surface area contributed by atoms with Gasteiger partial charge in [-0.2, -0.15) is 13.2 Å². The van der Waals surface area contributed by atoms with E-state index in [4.69, 9.17) is 4.74 Å². The average molecular weight is 310 g/mol. The molecule has 2 nitrogen and oxygen atoms in total. The van der Waals surface area contributed by atoms with Gasteiger partial charge in [-0.25, -0.2) is 0 Å². The van der Waals surface area contributed by atoms with Crippen molar-refractivity contribution in [2.24, 2.45) is 5.92 Å². The minimum atomic E-state index is -4.43. The summed E-state index contributed by atoms with van der Waals surface area (Å²) in [5.41, 5.74) is -0.465. The van der Waals surface area contributed by atoms with Crippen LogP contribution in [-0.4, -0.2) is 12.4 Å². The molecule has 1 unspecified atom stereocenters. The summed E-state index contributed by atoms with van der Waals surface area (Å²) in [5, 5.41) is 0. The van der Waals surface area contributed by atoms with E-state index in [2.05, 4.69) is 6.58 Å². The summed E-state index contributed by atoms with van der Waals surface area (Å²) in [6.45, 7) is 6.06. The first-order valence-electron chi connectivity index (χ1n) is 7.36. The molecule has 0 spiro atoms. The van der Waals surface area contributed by atoms with Gasteiger partial charge in [0.15, 0.2) is 5.78 Å². The molecule has 1 heterocycles. The first-order chi connectivity index (χ1) is 10.4. The summed E-state index contributed by atoms with van der Waals surface area (Å²) in [6.07, 6.45) is -2.24. The van der Waals surface area contributed by atoms with E-state index in [1.807, 2.05) is 6.92 Å². The Morgan fingerprint density at radius 3 is 2.77 bits per heavy atom. The van der Waals surface area contributed by atoms with Crippen LogP contribution in [0.25, 0.3) is 0 Å². The highest BCUT2D eigenvalue weighted by Crippen LogP contribution is 2.55. The van der Waals surface area contributed by atoms with Gasteiger partial charge in [0.1, 0.15) is 6.10 Å². The zero-order valence-electron chi connectivity index (χ0n) is 12.2. The van der Waals surface area contributed by atoms with Crippen LogP contribution < -0.4 is 0 Å². The van der Waals surface area contributed by atoms with Crippen LogP contribution in [0, 0.1) is 5.92 Å². The van der Waals surface area contributed by atoms with Gasteiger partial charge in [-0.1, -0.05) is 25.5 Å². The molecule has 1 fully saturated rings. The lowest BCUT2D eigenvalue weighted by Gasteiger charge is -2.38. The second-order valence-corrected chi connectivity index (χ2v) is 5.94. The van der Waals surface area contributed by atoms with E-state index in [0.29, 0.717) is 24.2 Å². The number of ketones is 1. The van der Waals surface area contributed by atoms with Crippen LogP contribution in [0.2, 0.25) is 0 Å². The van der Waals surface area contributed by atoms with Crippen LogP contribution in [0.3, 0.4) is 0 Å². The molecule has 0 aromatic heterocycles. The maximum absolute atomic E-state index is 12.9. The Morgan fingerprint density at radius 1 is 1.45 bits per heavy atom. The van der Waals surface area contributed by atoms with Gasteiger partial charge in [0.2, 0.25) is 0 Å². The summed E-state index contributed by atoms with van der Waals surface area (Å²) in [6, 6.07) is 3.59. The minimum absolute atomic E-state index is 0.125. The van der Waals surface area contributed by atoms with E-state index in [9.17, 15) is 18.0 Å². The number of hydrogen-bond acceptors (Lipinski definition) is 2. The molecule has 118 valence electrons. The number of fused-ring (bicyclic) bond motifs is 5. The van der Waals surface area contributed by atoms with Crippen molar-refractivity contribution in [1.29, 1.82) is 0 Å². The maximum Gasteiger partial charge on any atom is 0.416 e. The predicted octanol–water partition coefficient (Wildman–Crippen LogP) is 4.20. The summed E-state index contributed by atoms with van der Waals surface area (Å²) >= 11 is 0. The van der Waals surface area contributed by atoms with Crippen molar-refractivity contribution in [2.75, 3.05) is 6.61 Å². The van der Waals surface area contributed by atoms with Gasteiger partial charge < -0.3 is 4.74 Å². The summed E-state index contributed by atoms with van der Waals surface area (Å²) in [7, 11) is 0. The van der Waals surface area contributed by atoms with Crippen molar-refractivity contribution in [2.45, 2.75) is 37.5 Å². The number of carbonyl (C=O) groups is 1. The van der Waals surface area contributed by atoms with E-state index in [0.717, 1.165) is 18.6 Å². The number of Topliss-reactive ketones (excluding diaryl/α,β-unsaturated/α-hetero) is 1. The fraction of sp³-hybridized carbons (Fsp3) is 0.471. The standard InChI is InChI=1S/C17H17F3O2/c1-3-7-16-10(4-2)9-22-14(15(16)21)12-8-11(17(18,19)20)5-6-13(12)16/h4-6,8,10,14H,2-3,7,9H2,1H3/t10?,14-,16+/m1/s1. The Bertz CT molecular complexity index is 635. The van der Waals surface area contributed by atoms with Crippen LogP contribution in [0.5, 0.6) is 0 Å². The van der Waals surface area contributed by atoms with Crippen molar-refractivity contribution in [3.8, 4) is 0 Å². The molecular weight excluding hydrogens is 293 g/mol. The number of halogens is 3. The lowest BCUT2D eigenvalue weighted by Crippen LogP contribution is -2.46. The highest BCUT2D eigenvalue weighted by Gasteiger charge is 2.58. The lowest BCUT2D eigenvalue weighted by molar-refractivity contribution is -0.146. The van der Waals surface area contributed by atoms with E-state index in [1.165, 1.54) is 6.07 Å². The molecule has 1 aliphatic carbocycles. The largest absolute Gasteiger partial charge is 0.416 e. The molecule has 3 rings (SSSR count). The SMILES string of the molecule is C=CC1CO[C@H]2C(=O)[C@]1(CCC)c1ccc(C(F)(F)F)cc12. The Kier molecular flexibility index (Phi) is 3.44. The van der Waals surface area contributed by atoms with Gasteiger partial charge in [0.05, 0.1) is 17.6 Å². The fourth-order valence-electron chi connectivity index (χ4n) is 3.87. The lowest BCUT2D eigenvalue weighted by atomic mass is 9.67. The van der Waals surface area contributed by atoms with Gasteiger partial charge in [-0.3, -0.25) is 4.79 Å². The van der Waals surface area contributed by atoms with Crippen LogP contribution >= 0.6 is 0 Å². The van der Waals surface area contributed by atoms with Crippen LogP contribution in [0.1, 0.15) is 42.6 Å². The zero-order chi connectivity index (χ0) is 16.1. The van der Waals surface area contributed by atoms with E-state index in [-0.39, 0.29) is 11.7 Å². The molecule has 2 aliphatic rings.